The van der Waals surface area contributed by atoms with Crippen molar-refractivity contribution in [2.24, 2.45) is 5.73 Å². The molecule has 1 atom stereocenters. The van der Waals surface area contributed by atoms with E-state index in [0.29, 0.717) is 25.9 Å². The van der Waals surface area contributed by atoms with Crippen LogP contribution in [0.4, 0.5) is 0 Å². The summed E-state index contributed by atoms with van der Waals surface area (Å²) in [4.78, 5) is 10.9. The monoisotopic (exact) mass is 186 g/mol. The van der Waals surface area contributed by atoms with Crippen LogP contribution in [0, 0.1) is 0 Å². The van der Waals surface area contributed by atoms with Gasteiger partial charge in [0.1, 0.15) is 0 Å². The number of carbonyl (C=O) groups is 1. The maximum Gasteiger partial charge on any atom is 0.243 e. The summed E-state index contributed by atoms with van der Waals surface area (Å²) in [6.45, 7) is 2.75. The number of rotatable bonds is 6. The van der Waals surface area contributed by atoms with Crippen LogP contribution >= 0.6 is 0 Å². The first-order valence-electron chi connectivity index (χ1n) is 4.49. The van der Waals surface area contributed by atoms with Gasteiger partial charge in [-0.2, -0.15) is 0 Å². The molecule has 0 radical (unpaired) electrons. The quantitative estimate of drug-likeness (QED) is 0.502. The van der Waals surface area contributed by atoms with Crippen molar-refractivity contribution in [3.8, 4) is 0 Å². The average molecular weight is 186 g/mol. The van der Waals surface area contributed by atoms with Crippen LogP contribution in [0.2, 0.25) is 0 Å². The highest BCUT2D eigenvalue weighted by Gasteiger charge is 2.02. The number of amides is 1. The van der Waals surface area contributed by atoms with Gasteiger partial charge in [-0.15, -0.1) is 0 Å². The Morgan fingerprint density at radius 3 is 2.85 bits per heavy atom. The molecule has 0 aromatic rings. The molecule has 0 saturated heterocycles. The SMILES string of the molecule is C/C=C/C(=O)NCCC(O)CCN. The minimum Gasteiger partial charge on any atom is -0.393 e. The molecule has 0 aromatic heterocycles. The lowest BCUT2D eigenvalue weighted by atomic mass is 10.2. The van der Waals surface area contributed by atoms with Crippen molar-refractivity contribution in [2.45, 2.75) is 25.9 Å². The van der Waals surface area contributed by atoms with Crippen molar-refractivity contribution in [1.82, 2.24) is 5.32 Å². The van der Waals surface area contributed by atoms with Crippen LogP contribution < -0.4 is 11.1 Å². The number of aliphatic hydroxyl groups is 1. The number of hydrogen-bond donors (Lipinski definition) is 3. The smallest absolute Gasteiger partial charge is 0.243 e. The Bertz CT molecular complexity index is 169. The number of aliphatic hydroxyl groups excluding tert-OH is 1. The van der Waals surface area contributed by atoms with E-state index in [2.05, 4.69) is 5.32 Å². The van der Waals surface area contributed by atoms with Crippen LogP contribution in [0.1, 0.15) is 19.8 Å². The molecule has 0 saturated carbocycles. The predicted octanol–water partition coefficient (Wildman–Crippen LogP) is -0.221. The van der Waals surface area contributed by atoms with Crippen molar-refractivity contribution in [3.05, 3.63) is 12.2 Å². The highest BCUT2D eigenvalue weighted by atomic mass is 16.3. The first-order chi connectivity index (χ1) is 6.20. The molecule has 0 aliphatic carbocycles. The molecule has 0 fully saturated rings. The topological polar surface area (TPSA) is 75.3 Å². The molecule has 4 heteroatoms. The standard InChI is InChI=1S/C9H18N2O2/c1-2-3-9(13)11-7-5-8(12)4-6-10/h2-3,8,12H,4-7,10H2,1H3,(H,11,13)/b3-2+. The highest BCUT2D eigenvalue weighted by Crippen LogP contribution is 1.93. The summed E-state index contributed by atoms with van der Waals surface area (Å²) >= 11 is 0. The molecular formula is C9H18N2O2. The van der Waals surface area contributed by atoms with E-state index in [1.165, 1.54) is 6.08 Å². The summed E-state index contributed by atoms with van der Waals surface area (Å²) in [5.41, 5.74) is 5.25. The van der Waals surface area contributed by atoms with E-state index in [-0.39, 0.29) is 5.91 Å². The van der Waals surface area contributed by atoms with Crippen LogP contribution in [-0.2, 0) is 4.79 Å². The van der Waals surface area contributed by atoms with Crippen LogP contribution in [0.3, 0.4) is 0 Å². The molecule has 13 heavy (non-hydrogen) atoms. The van der Waals surface area contributed by atoms with Gasteiger partial charge in [-0.25, -0.2) is 0 Å². The average Bonchev–Trinajstić information content (AvgIpc) is 2.05. The van der Waals surface area contributed by atoms with Crippen molar-refractivity contribution >= 4 is 5.91 Å². The van der Waals surface area contributed by atoms with Crippen molar-refractivity contribution in [3.63, 3.8) is 0 Å². The number of nitrogens with one attached hydrogen (secondary N) is 1. The van der Waals surface area contributed by atoms with E-state index in [1.54, 1.807) is 13.0 Å². The summed E-state index contributed by atoms with van der Waals surface area (Å²) in [6.07, 6.45) is 3.86. The fourth-order valence-corrected chi connectivity index (χ4v) is 0.909. The Morgan fingerprint density at radius 1 is 1.62 bits per heavy atom. The number of carbonyl (C=O) groups excluding carboxylic acids is 1. The molecule has 4 N–H and O–H groups in total. The van der Waals surface area contributed by atoms with Crippen LogP contribution in [0.25, 0.3) is 0 Å². The molecule has 1 amide bonds. The van der Waals surface area contributed by atoms with Crippen LogP contribution in [0.5, 0.6) is 0 Å². The fraction of sp³-hybridized carbons (Fsp3) is 0.667. The van der Waals surface area contributed by atoms with Crippen molar-refractivity contribution in [1.29, 1.82) is 0 Å². The predicted molar refractivity (Wildman–Crippen MR) is 52.1 cm³/mol. The molecule has 0 rings (SSSR count). The second-order valence-electron chi connectivity index (χ2n) is 2.81. The third-order valence-corrected chi connectivity index (χ3v) is 1.59. The molecule has 76 valence electrons. The zero-order chi connectivity index (χ0) is 10.1. The van der Waals surface area contributed by atoms with Gasteiger partial charge in [-0.05, 0) is 32.4 Å². The maximum atomic E-state index is 10.9. The lowest BCUT2D eigenvalue weighted by molar-refractivity contribution is -0.116. The summed E-state index contributed by atoms with van der Waals surface area (Å²) in [7, 11) is 0. The second-order valence-corrected chi connectivity index (χ2v) is 2.81. The Labute approximate surface area is 78.8 Å². The van der Waals surface area contributed by atoms with E-state index >= 15 is 0 Å². The van der Waals surface area contributed by atoms with Gasteiger partial charge in [-0.3, -0.25) is 4.79 Å². The maximum absolute atomic E-state index is 10.9. The van der Waals surface area contributed by atoms with Crippen LogP contribution in [-0.4, -0.2) is 30.2 Å². The van der Waals surface area contributed by atoms with Gasteiger partial charge in [-0.1, -0.05) is 6.08 Å². The van der Waals surface area contributed by atoms with Gasteiger partial charge in [0.15, 0.2) is 0 Å². The Morgan fingerprint density at radius 2 is 2.31 bits per heavy atom. The minimum atomic E-state index is -0.407. The van der Waals surface area contributed by atoms with E-state index in [9.17, 15) is 9.90 Å². The first-order valence-corrected chi connectivity index (χ1v) is 4.49. The summed E-state index contributed by atoms with van der Waals surface area (Å²) in [5, 5.41) is 11.9. The zero-order valence-corrected chi connectivity index (χ0v) is 7.99. The third-order valence-electron chi connectivity index (χ3n) is 1.59. The van der Waals surface area contributed by atoms with E-state index in [0.717, 1.165) is 0 Å². The normalized spacial score (nSPS) is 13.2. The number of hydrogen-bond acceptors (Lipinski definition) is 3. The molecule has 1 unspecified atom stereocenters. The molecule has 0 spiro atoms. The van der Waals surface area contributed by atoms with Gasteiger partial charge in [0.25, 0.3) is 0 Å². The van der Waals surface area contributed by atoms with Gasteiger partial charge in [0, 0.05) is 6.54 Å². The lowest BCUT2D eigenvalue weighted by Gasteiger charge is -2.08. The van der Waals surface area contributed by atoms with Crippen molar-refractivity contribution < 1.29 is 9.90 Å². The van der Waals surface area contributed by atoms with E-state index in [1.807, 2.05) is 0 Å². The molecule has 0 heterocycles. The van der Waals surface area contributed by atoms with E-state index < -0.39 is 6.10 Å². The molecule has 4 nitrogen and oxygen atoms in total. The van der Waals surface area contributed by atoms with Gasteiger partial charge in [0.05, 0.1) is 6.10 Å². The zero-order valence-electron chi connectivity index (χ0n) is 7.99. The summed E-state index contributed by atoms with van der Waals surface area (Å²) in [6, 6.07) is 0. The van der Waals surface area contributed by atoms with Gasteiger partial charge >= 0.3 is 0 Å². The lowest BCUT2D eigenvalue weighted by Crippen LogP contribution is -2.26. The first kappa shape index (κ1) is 12.1. The molecule has 0 aromatic carbocycles. The molecule has 0 aliphatic rings. The number of allylic oxidation sites excluding steroid dienone is 1. The van der Waals surface area contributed by atoms with E-state index in [4.69, 9.17) is 5.73 Å². The van der Waals surface area contributed by atoms with Crippen molar-refractivity contribution in [2.75, 3.05) is 13.1 Å². The third kappa shape index (κ3) is 7.49. The Balaban J connectivity index is 3.39. The molecule has 0 bridgehead atoms. The second kappa shape index (κ2) is 7.76. The molecule has 0 aliphatic heterocycles. The Kier molecular flexibility index (Phi) is 7.24. The number of nitrogens with two attached hydrogens (primary N) is 1. The largest absolute Gasteiger partial charge is 0.393 e. The van der Waals surface area contributed by atoms with Gasteiger partial charge < -0.3 is 16.2 Å². The Hall–Kier alpha value is -0.870. The van der Waals surface area contributed by atoms with Crippen LogP contribution in [0.15, 0.2) is 12.2 Å². The fourth-order valence-electron chi connectivity index (χ4n) is 0.909. The minimum absolute atomic E-state index is 0.123. The highest BCUT2D eigenvalue weighted by molar-refractivity contribution is 5.87. The summed E-state index contributed by atoms with van der Waals surface area (Å²) < 4.78 is 0. The summed E-state index contributed by atoms with van der Waals surface area (Å²) in [5.74, 6) is -0.123. The van der Waals surface area contributed by atoms with Gasteiger partial charge in [0.2, 0.25) is 5.91 Å². The molecular weight excluding hydrogens is 168 g/mol.